The van der Waals surface area contributed by atoms with Gasteiger partial charge in [0, 0.05) is 6.42 Å². The minimum Gasteiger partial charge on any atom is -0.480 e. The van der Waals surface area contributed by atoms with Gasteiger partial charge in [0.05, 0.1) is 6.04 Å². The summed E-state index contributed by atoms with van der Waals surface area (Å²) in [4.78, 5) is 59.3. The minimum absolute atomic E-state index is 0.117. The lowest BCUT2D eigenvalue weighted by molar-refractivity contribution is -0.142. The van der Waals surface area contributed by atoms with Gasteiger partial charge in [0.1, 0.15) is 18.1 Å². The largest absolute Gasteiger partial charge is 0.480 e. The normalized spacial score (nSPS) is 14.9. The molecule has 30 heavy (non-hydrogen) atoms. The maximum atomic E-state index is 12.6. The Morgan fingerprint density at radius 1 is 0.900 bits per heavy atom. The van der Waals surface area contributed by atoms with E-state index in [0.29, 0.717) is 5.75 Å². The molecule has 172 valence electrons. The van der Waals surface area contributed by atoms with Crippen molar-refractivity contribution in [1.29, 1.82) is 0 Å². The van der Waals surface area contributed by atoms with Crippen LogP contribution in [0.1, 0.15) is 40.0 Å². The van der Waals surface area contributed by atoms with Crippen LogP contribution < -0.4 is 27.4 Å². The van der Waals surface area contributed by atoms with Crippen molar-refractivity contribution in [2.75, 3.05) is 12.0 Å². The average molecular weight is 448 g/mol. The number of carbonyl (C=O) groups is 5. The number of carbonyl (C=O) groups excluding carboxylic acids is 4. The van der Waals surface area contributed by atoms with E-state index in [4.69, 9.17) is 11.5 Å². The highest BCUT2D eigenvalue weighted by molar-refractivity contribution is 7.98. The van der Waals surface area contributed by atoms with Crippen LogP contribution in [0.15, 0.2) is 0 Å². The molecule has 4 atom stereocenters. The Kier molecular flexibility index (Phi) is 12.7. The Bertz CT molecular complexity index is 630. The van der Waals surface area contributed by atoms with Crippen LogP contribution in [0.25, 0.3) is 0 Å². The Balaban J connectivity index is 5.09. The van der Waals surface area contributed by atoms with Crippen molar-refractivity contribution in [2.24, 2.45) is 17.4 Å². The van der Waals surface area contributed by atoms with Gasteiger partial charge in [-0.25, -0.2) is 4.79 Å². The second kappa shape index (κ2) is 13.8. The van der Waals surface area contributed by atoms with Crippen LogP contribution in [0.2, 0.25) is 0 Å². The van der Waals surface area contributed by atoms with E-state index >= 15 is 0 Å². The van der Waals surface area contributed by atoms with Crippen LogP contribution in [0, 0.1) is 5.92 Å². The summed E-state index contributed by atoms with van der Waals surface area (Å²) in [6.07, 6.45) is 1.68. The molecular formula is C18H33N5O6S. The van der Waals surface area contributed by atoms with Crippen LogP contribution in [-0.4, -0.2) is 70.9 Å². The van der Waals surface area contributed by atoms with E-state index in [0.717, 1.165) is 0 Å². The average Bonchev–Trinajstić information content (AvgIpc) is 2.66. The second-order valence-corrected chi connectivity index (χ2v) is 8.23. The van der Waals surface area contributed by atoms with Gasteiger partial charge in [0.15, 0.2) is 0 Å². The quantitative estimate of drug-likeness (QED) is 0.186. The van der Waals surface area contributed by atoms with Crippen molar-refractivity contribution in [3.63, 3.8) is 0 Å². The van der Waals surface area contributed by atoms with Gasteiger partial charge in [-0.1, -0.05) is 13.8 Å². The standard InChI is InChI=1S/C18H33N5O6S/c1-9(2)14(20)17(27)21-10(3)15(25)22-11(7-8-30-4)16(26)23-12(18(28)29)5-6-13(19)24/h9-12,14H,5-8,20H2,1-4H3,(H2,19,24)(H,21,27)(H,22,25)(H,23,26)(H,28,29). The summed E-state index contributed by atoms with van der Waals surface area (Å²) in [7, 11) is 0. The third-order valence-electron chi connectivity index (χ3n) is 4.31. The molecule has 8 N–H and O–H groups in total. The summed E-state index contributed by atoms with van der Waals surface area (Å²) in [5.41, 5.74) is 10.8. The van der Waals surface area contributed by atoms with Gasteiger partial charge in [-0.3, -0.25) is 19.2 Å². The van der Waals surface area contributed by atoms with E-state index < -0.39 is 53.8 Å². The molecular weight excluding hydrogens is 414 g/mol. The molecule has 0 saturated carbocycles. The Morgan fingerprint density at radius 3 is 1.93 bits per heavy atom. The molecule has 12 heteroatoms. The molecule has 0 aliphatic heterocycles. The fraction of sp³-hybridized carbons (Fsp3) is 0.722. The Hall–Kier alpha value is -2.34. The summed E-state index contributed by atoms with van der Waals surface area (Å²) < 4.78 is 0. The molecule has 0 rings (SSSR count). The Labute approximate surface area is 180 Å². The number of nitrogens with two attached hydrogens (primary N) is 2. The van der Waals surface area contributed by atoms with Gasteiger partial charge >= 0.3 is 5.97 Å². The molecule has 0 saturated heterocycles. The van der Waals surface area contributed by atoms with Crippen molar-refractivity contribution in [3.05, 3.63) is 0 Å². The zero-order valence-corrected chi connectivity index (χ0v) is 18.6. The molecule has 0 spiro atoms. The number of hydrogen-bond acceptors (Lipinski definition) is 7. The number of primary amides is 1. The third-order valence-corrected chi connectivity index (χ3v) is 4.95. The zero-order valence-electron chi connectivity index (χ0n) is 17.8. The summed E-state index contributed by atoms with van der Waals surface area (Å²) in [5, 5.41) is 16.6. The zero-order chi connectivity index (χ0) is 23.4. The van der Waals surface area contributed by atoms with Crippen molar-refractivity contribution < 1.29 is 29.1 Å². The van der Waals surface area contributed by atoms with Gasteiger partial charge in [-0.15, -0.1) is 0 Å². The van der Waals surface area contributed by atoms with Crippen molar-refractivity contribution in [3.8, 4) is 0 Å². The third kappa shape index (κ3) is 10.4. The maximum absolute atomic E-state index is 12.6. The first-order valence-corrected chi connectivity index (χ1v) is 11.0. The smallest absolute Gasteiger partial charge is 0.326 e. The van der Waals surface area contributed by atoms with Crippen LogP contribution in [0.5, 0.6) is 0 Å². The molecule has 0 aliphatic rings. The summed E-state index contributed by atoms with van der Waals surface area (Å²) in [6.45, 7) is 5.00. The van der Waals surface area contributed by atoms with Gasteiger partial charge < -0.3 is 32.5 Å². The van der Waals surface area contributed by atoms with E-state index in [9.17, 15) is 29.1 Å². The summed E-state index contributed by atoms with van der Waals surface area (Å²) in [5.74, 6) is -3.40. The minimum atomic E-state index is -1.32. The van der Waals surface area contributed by atoms with Crippen molar-refractivity contribution in [2.45, 2.75) is 64.2 Å². The molecule has 11 nitrogen and oxygen atoms in total. The molecule has 0 aromatic heterocycles. The first-order valence-electron chi connectivity index (χ1n) is 9.57. The lowest BCUT2D eigenvalue weighted by Gasteiger charge is -2.24. The number of nitrogens with one attached hydrogen (secondary N) is 3. The number of carboxylic acids is 1. The molecule has 0 bridgehead atoms. The highest BCUT2D eigenvalue weighted by atomic mass is 32.2. The molecule has 0 aromatic carbocycles. The summed E-state index contributed by atoms with van der Waals surface area (Å²) >= 11 is 1.44. The van der Waals surface area contributed by atoms with Gasteiger partial charge in [-0.05, 0) is 37.7 Å². The first kappa shape index (κ1) is 27.7. The molecule has 0 radical (unpaired) electrons. The van der Waals surface area contributed by atoms with Crippen molar-refractivity contribution >= 4 is 41.4 Å². The van der Waals surface area contributed by atoms with Gasteiger partial charge in [-0.2, -0.15) is 11.8 Å². The highest BCUT2D eigenvalue weighted by Gasteiger charge is 2.29. The lowest BCUT2D eigenvalue weighted by atomic mass is 10.0. The number of rotatable bonds is 14. The van der Waals surface area contributed by atoms with Crippen LogP contribution in [-0.2, 0) is 24.0 Å². The summed E-state index contributed by atoms with van der Waals surface area (Å²) in [6, 6.07) is -4.06. The number of hydrogen-bond donors (Lipinski definition) is 6. The SMILES string of the molecule is CSCCC(NC(=O)C(C)NC(=O)C(N)C(C)C)C(=O)NC(CCC(N)=O)C(=O)O. The molecule has 4 unspecified atom stereocenters. The van der Waals surface area contributed by atoms with Gasteiger partial charge in [0.2, 0.25) is 23.6 Å². The lowest BCUT2D eigenvalue weighted by Crippen LogP contribution is -2.56. The number of thioether (sulfide) groups is 1. The van der Waals surface area contributed by atoms with E-state index in [1.807, 2.05) is 6.26 Å². The maximum Gasteiger partial charge on any atom is 0.326 e. The fourth-order valence-corrected chi connectivity index (χ4v) is 2.77. The van der Waals surface area contributed by atoms with E-state index in [-0.39, 0.29) is 25.2 Å². The predicted octanol–water partition coefficient (Wildman–Crippen LogP) is -1.45. The second-order valence-electron chi connectivity index (χ2n) is 7.25. The number of amides is 4. The topological polar surface area (TPSA) is 194 Å². The molecule has 4 amide bonds. The van der Waals surface area contributed by atoms with Crippen molar-refractivity contribution in [1.82, 2.24) is 16.0 Å². The number of aliphatic carboxylic acids is 1. The van der Waals surface area contributed by atoms with Crippen LogP contribution in [0.4, 0.5) is 0 Å². The van der Waals surface area contributed by atoms with Crippen LogP contribution >= 0.6 is 11.8 Å². The van der Waals surface area contributed by atoms with Crippen LogP contribution in [0.3, 0.4) is 0 Å². The number of carboxylic acid groups (broad SMARTS) is 1. The molecule has 0 heterocycles. The van der Waals surface area contributed by atoms with Gasteiger partial charge in [0.25, 0.3) is 0 Å². The molecule has 0 aromatic rings. The monoisotopic (exact) mass is 447 g/mol. The Morgan fingerprint density at radius 2 is 1.47 bits per heavy atom. The highest BCUT2D eigenvalue weighted by Crippen LogP contribution is 2.05. The predicted molar refractivity (Wildman–Crippen MR) is 113 cm³/mol. The van der Waals surface area contributed by atoms with E-state index in [1.165, 1.54) is 18.7 Å². The first-order chi connectivity index (χ1) is 13.9. The van der Waals surface area contributed by atoms with E-state index in [2.05, 4.69) is 16.0 Å². The molecule has 0 aliphatic carbocycles. The van der Waals surface area contributed by atoms with E-state index in [1.54, 1.807) is 13.8 Å². The fourth-order valence-electron chi connectivity index (χ4n) is 2.30. The molecule has 0 fully saturated rings.